The minimum atomic E-state index is -2.63. The van der Waals surface area contributed by atoms with Gasteiger partial charge in [-0.3, -0.25) is 0 Å². The third-order valence-electron chi connectivity index (χ3n) is 4.30. The van der Waals surface area contributed by atoms with Gasteiger partial charge in [0, 0.05) is 17.5 Å². The van der Waals surface area contributed by atoms with Crippen LogP contribution < -0.4 is 5.32 Å². The second kappa shape index (κ2) is 5.20. The molecule has 3 rings (SSSR count). The van der Waals surface area contributed by atoms with Crippen molar-refractivity contribution in [3.8, 4) is 0 Å². The summed E-state index contributed by atoms with van der Waals surface area (Å²) in [6.45, 7) is 1.06. The normalized spacial score (nSPS) is 24.4. The van der Waals surface area contributed by atoms with Crippen LogP contribution >= 0.6 is 0 Å². The van der Waals surface area contributed by atoms with Gasteiger partial charge in [0.15, 0.2) is 0 Å². The molecule has 1 saturated heterocycles. The van der Waals surface area contributed by atoms with E-state index in [0.717, 1.165) is 24.9 Å². The summed E-state index contributed by atoms with van der Waals surface area (Å²) in [5.41, 5.74) is 1.25. The summed E-state index contributed by atoms with van der Waals surface area (Å²) < 4.78 is 28.2. The zero-order valence-electron chi connectivity index (χ0n) is 11.2. The maximum atomic E-state index is 14.1. The molecule has 3 heteroatoms. The van der Waals surface area contributed by atoms with E-state index in [2.05, 4.69) is 5.32 Å². The van der Waals surface area contributed by atoms with E-state index in [4.69, 9.17) is 0 Å². The molecular formula is C16H21F2N. The van der Waals surface area contributed by atoms with Crippen LogP contribution in [0.3, 0.4) is 0 Å². The Morgan fingerprint density at radius 2 is 2.00 bits per heavy atom. The Morgan fingerprint density at radius 1 is 1.16 bits per heavy atom. The molecule has 1 saturated carbocycles. The highest BCUT2D eigenvalue weighted by Crippen LogP contribution is 2.49. The Hall–Kier alpha value is -0.960. The van der Waals surface area contributed by atoms with Crippen LogP contribution in [0.1, 0.15) is 43.2 Å². The SMILES string of the molecule is FC(F)(c1cccc(CC2CCCCN2)c1)C1CC1. The highest BCUT2D eigenvalue weighted by Gasteiger charge is 2.47. The first-order valence-corrected chi connectivity index (χ1v) is 7.37. The molecule has 1 aromatic carbocycles. The summed E-state index contributed by atoms with van der Waals surface area (Å²) in [6.07, 6.45) is 5.84. The number of piperidine rings is 1. The molecule has 104 valence electrons. The van der Waals surface area contributed by atoms with Crippen LogP contribution in [0.25, 0.3) is 0 Å². The molecule has 0 aromatic heterocycles. The zero-order valence-corrected chi connectivity index (χ0v) is 11.2. The molecule has 0 bridgehead atoms. The summed E-state index contributed by atoms with van der Waals surface area (Å²) in [5, 5.41) is 3.47. The van der Waals surface area contributed by atoms with Gasteiger partial charge in [-0.05, 0) is 50.3 Å². The van der Waals surface area contributed by atoms with Gasteiger partial charge in [-0.15, -0.1) is 0 Å². The molecule has 2 aliphatic rings. The molecule has 1 heterocycles. The average molecular weight is 265 g/mol. The zero-order chi connectivity index (χ0) is 13.3. The van der Waals surface area contributed by atoms with Gasteiger partial charge >= 0.3 is 0 Å². The van der Waals surface area contributed by atoms with Crippen molar-refractivity contribution in [3.05, 3.63) is 35.4 Å². The van der Waals surface area contributed by atoms with Gasteiger partial charge in [0.05, 0.1) is 0 Å². The third kappa shape index (κ3) is 2.97. The first kappa shape index (κ1) is 13.0. The molecule has 1 N–H and O–H groups in total. The van der Waals surface area contributed by atoms with E-state index in [1.54, 1.807) is 18.2 Å². The Bertz CT molecular complexity index is 434. The van der Waals surface area contributed by atoms with Crippen LogP contribution in [0, 0.1) is 5.92 Å². The quantitative estimate of drug-likeness (QED) is 0.871. The van der Waals surface area contributed by atoms with Crippen LogP contribution in [-0.2, 0) is 12.3 Å². The molecule has 1 atom stereocenters. The first-order valence-electron chi connectivity index (χ1n) is 7.37. The van der Waals surface area contributed by atoms with Crippen molar-refractivity contribution in [2.45, 2.75) is 50.5 Å². The third-order valence-corrected chi connectivity index (χ3v) is 4.30. The Kier molecular flexibility index (Phi) is 3.57. The Balaban J connectivity index is 1.72. The maximum absolute atomic E-state index is 14.1. The van der Waals surface area contributed by atoms with Crippen LogP contribution in [0.15, 0.2) is 24.3 Å². The van der Waals surface area contributed by atoms with Gasteiger partial charge < -0.3 is 5.32 Å². The fourth-order valence-corrected chi connectivity index (χ4v) is 2.97. The fraction of sp³-hybridized carbons (Fsp3) is 0.625. The van der Waals surface area contributed by atoms with E-state index in [-0.39, 0.29) is 5.56 Å². The van der Waals surface area contributed by atoms with E-state index in [0.29, 0.717) is 18.9 Å². The minimum absolute atomic E-state index is 0.211. The van der Waals surface area contributed by atoms with Gasteiger partial charge in [0.2, 0.25) is 0 Å². The van der Waals surface area contributed by atoms with Crippen molar-refractivity contribution in [1.82, 2.24) is 5.32 Å². The molecular weight excluding hydrogens is 244 g/mol. The smallest absolute Gasteiger partial charge is 0.276 e. The summed E-state index contributed by atoms with van der Waals surface area (Å²) in [5.74, 6) is -3.05. The maximum Gasteiger partial charge on any atom is 0.276 e. The first-order chi connectivity index (χ1) is 9.16. The summed E-state index contributed by atoms with van der Waals surface area (Å²) in [7, 11) is 0. The Morgan fingerprint density at radius 3 is 2.68 bits per heavy atom. The number of nitrogens with one attached hydrogen (secondary N) is 1. The molecule has 1 aromatic rings. The van der Waals surface area contributed by atoms with Crippen molar-refractivity contribution >= 4 is 0 Å². The van der Waals surface area contributed by atoms with E-state index < -0.39 is 11.8 Å². The number of rotatable bonds is 4. The van der Waals surface area contributed by atoms with Crippen molar-refractivity contribution in [3.63, 3.8) is 0 Å². The Labute approximate surface area is 113 Å². The lowest BCUT2D eigenvalue weighted by molar-refractivity contribution is -0.0286. The molecule has 0 spiro atoms. The van der Waals surface area contributed by atoms with Gasteiger partial charge in [0.25, 0.3) is 5.92 Å². The topological polar surface area (TPSA) is 12.0 Å². The lowest BCUT2D eigenvalue weighted by Crippen LogP contribution is -2.35. The summed E-state index contributed by atoms with van der Waals surface area (Å²) in [6, 6.07) is 7.51. The van der Waals surface area contributed by atoms with E-state index in [1.807, 2.05) is 6.07 Å². The highest BCUT2D eigenvalue weighted by atomic mass is 19.3. The lowest BCUT2D eigenvalue weighted by atomic mass is 9.95. The molecule has 0 amide bonds. The number of alkyl halides is 2. The standard InChI is InChI=1S/C16H21F2N/c17-16(18,13-7-8-13)14-5-3-4-12(10-14)11-15-6-1-2-9-19-15/h3-5,10,13,15,19H,1-2,6-9,11H2. The van der Waals surface area contributed by atoms with Crippen LogP contribution in [0.2, 0.25) is 0 Å². The van der Waals surface area contributed by atoms with Gasteiger partial charge in [-0.25, -0.2) is 8.78 Å². The molecule has 0 radical (unpaired) electrons. The number of hydrogen-bond acceptors (Lipinski definition) is 1. The van der Waals surface area contributed by atoms with E-state index in [1.165, 1.54) is 12.8 Å². The van der Waals surface area contributed by atoms with Crippen LogP contribution in [0.4, 0.5) is 8.78 Å². The molecule has 1 unspecified atom stereocenters. The average Bonchev–Trinajstić information content (AvgIpc) is 3.25. The van der Waals surface area contributed by atoms with Crippen molar-refractivity contribution in [2.75, 3.05) is 6.54 Å². The van der Waals surface area contributed by atoms with Crippen LogP contribution in [0.5, 0.6) is 0 Å². The minimum Gasteiger partial charge on any atom is -0.314 e. The van der Waals surface area contributed by atoms with Crippen molar-refractivity contribution in [2.24, 2.45) is 5.92 Å². The molecule has 19 heavy (non-hydrogen) atoms. The monoisotopic (exact) mass is 265 g/mol. The van der Waals surface area contributed by atoms with Gasteiger partial charge in [-0.2, -0.15) is 0 Å². The van der Waals surface area contributed by atoms with Crippen LogP contribution in [-0.4, -0.2) is 12.6 Å². The summed E-state index contributed by atoms with van der Waals surface area (Å²) >= 11 is 0. The van der Waals surface area contributed by atoms with E-state index in [9.17, 15) is 8.78 Å². The van der Waals surface area contributed by atoms with Gasteiger partial charge in [-0.1, -0.05) is 24.6 Å². The fourth-order valence-electron chi connectivity index (χ4n) is 2.97. The predicted octanol–water partition coefficient (Wildman–Crippen LogP) is 3.87. The number of benzene rings is 1. The number of halogens is 2. The van der Waals surface area contributed by atoms with Crippen molar-refractivity contribution < 1.29 is 8.78 Å². The molecule has 2 fully saturated rings. The molecule has 1 aliphatic carbocycles. The largest absolute Gasteiger partial charge is 0.314 e. The predicted molar refractivity (Wildman–Crippen MR) is 72.4 cm³/mol. The number of hydrogen-bond donors (Lipinski definition) is 1. The van der Waals surface area contributed by atoms with Crippen molar-refractivity contribution in [1.29, 1.82) is 0 Å². The molecule has 1 aliphatic heterocycles. The lowest BCUT2D eigenvalue weighted by Gasteiger charge is -2.24. The summed E-state index contributed by atoms with van der Waals surface area (Å²) in [4.78, 5) is 0. The highest BCUT2D eigenvalue weighted by molar-refractivity contribution is 5.29. The second-order valence-electron chi connectivity index (χ2n) is 5.95. The van der Waals surface area contributed by atoms with E-state index >= 15 is 0 Å². The van der Waals surface area contributed by atoms with Gasteiger partial charge in [0.1, 0.15) is 0 Å². The second-order valence-corrected chi connectivity index (χ2v) is 5.95. The molecule has 1 nitrogen and oxygen atoms in total.